The topological polar surface area (TPSA) is 77.1 Å². The second-order valence-electron chi connectivity index (χ2n) is 6.28. The van der Waals surface area contributed by atoms with Crippen LogP contribution in [0.25, 0.3) is 6.08 Å². The van der Waals surface area contributed by atoms with Gasteiger partial charge in [0.05, 0.1) is 27.3 Å². The molecule has 0 bridgehead atoms. The van der Waals surface area contributed by atoms with Crippen molar-refractivity contribution in [3.05, 3.63) is 59.7 Å². The summed E-state index contributed by atoms with van der Waals surface area (Å²) in [7, 11) is 3.13. The minimum atomic E-state index is -0.335. The number of amides is 2. The van der Waals surface area contributed by atoms with Crippen LogP contribution in [0.15, 0.2) is 48.5 Å². The molecule has 2 aromatic carbocycles. The molecule has 0 spiro atoms. The van der Waals surface area contributed by atoms with Gasteiger partial charge in [-0.3, -0.25) is 9.69 Å². The molecule has 2 aromatic rings. The number of cyclic esters (lactones) is 1. The number of carbonyl (C=O) groups is 2. The van der Waals surface area contributed by atoms with Crippen LogP contribution in [0.3, 0.4) is 0 Å². The van der Waals surface area contributed by atoms with Gasteiger partial charge in [0, 0.05) is 17.3 Å². The lowest BCUT2D eigenvalue weighted by atomic mass is 10.2. The van der Waals surface area contributed by atoms with E-state index in [1.54, 1.807) is 37.3 Å². The number of rotatable bonds is 6. The number of nitrogens with zero attached hydrogens (tertiary/aromatic N) is 1. The zero-order chi connectivity index (χ0) is 21.3. The van der Waals surface area contributed by atoms with E-state index in [9.17, 15) is 9.59 Å². The van der Waals surface area contributed by atoms with Crippen LogP contribution in [0.1, 0.15) is 11.1 Å². The van der Waals surface area contributed by atoms with Crippen molar-refractivity contribution < 1.29 is 23.8 Å². The van der Waals surface area contributed by atoms with Crippen LogP contribution in [-0.4, -0.2) is 45.9 Å². The highest BCUT2D eigenvalue weighted by Gasteiger charge is 2.23. The fourth-order valence-electron chi connectivity index (χ4n) is 2.82. The quantitative estimate of drug-likeness (QED) is 0.590. The Bertz CT molecular complexity index is 1000. The van der Waals surface area contributed by atoms with Gasteiger partial charge in [0.15, 0.2) is 11.5 Å². The third-order valence-electron chi connectivity index (χ3n) is 4.36. The molecule has 3 rings (SSSR count). The third-order valence-corrected chi connectivity index (χ3v) is 4.36. The normalized spacial score (nSPS) is 12.9. The predicted molar refractivity (Wildman–Crippen MR) is 114 cm³/mol. The number of hydrogen-bond acceptors (Lipinski definition) is 5. The van der Waals surface area contributed by atoms with E-state index in [1.165, 1.54) is 6.08 Å². The molecule has 0 aromatic heterocycles. The molecule has 7 heteroatoms. The molecule has 1 aliphatic rings. The summed E-state index contributed by atoms with van der Waals surface area (Å²) in [5.74, 6) is 6.86. The minimum absolute atomic E-state index is 0.218. The standard InChI is InChI=1S/C23H22N2O5/c1-28-20-11-7-18(16-21(20)29-2)8-12-22(26)24-13-3-4-17-5-9-19(10-6-17)25-14-15-30-23(25)27/h5-12,16H,13-15H2,1-2H3,(H,24,26)/b12-8+. The smallest absolute Gasteiger partial charge is 0.414 e. The maximum atomic E-state index is 12.0. The van der Waals surface area contributed by atoms with Gasteiger partial charge in [-0.05, 0) is 48.0 Å². The largest absolute Gasteiger partial charge is 0.493 e. The second-order valence-corrected chi connectivity index (χ2v) is 6.28. The van der Waals surface area contributed by atoms with Crippen molar-refractivity contribution in [1.82, 2.24) is 5.32 Å². The molecular weight excluding hydrogens is 384 g/mol. The van der Waals surface area contributed by atoms with Crippen LogP contribution < -0.4 is 19.7 Å². The number of nitrogens with one attached hydrogen (secondary N) is 1. The average molecular weight is 406 g/mol. The molecule has 0 aliphatic carbocycles. The first-order chi connectivity index (χ1) is 14.6. The Hall–Kier alpha value is -3.92. The number of carbonyl (C=O) groups excluding carboxylic acids is 2. The molecule has 2 amide bonds. The molecule has 1 N–H and O–H groups in total. The van der Waals surface area contributed by atoms with Crippen LogP contribution in [0.4, 0.5) is 10.5 Å². The molecule has 0 radical (unpaired) electrons. The highest BCUT2D eigenvalue weighted by Crippen LogP contribution is 2.27. The van der Waals surface area contributed by atoms with Gasteiger partial charge in [0.2, 0.25) is 5.91 Å². The molecule has 1 fully saturated rings. The van der Waals surface area contributed by atoms with Crippen LogP contribution in [0.2, 0.25) is 0 Å². The lowest BCUT2D eigenvalue weighted by Crippen LogP contribution is -2.23. The number of anilines is 1. The van der Waals surface area contributed by atoms with Gasteiger partial charge >= 0.3 is 6.09 Å². The second kappa shape index (κ2) is 10.0. The molecule has 1 aliphatic heterocycles. The van der Waals surface area contributed by atoms with E-state index in [-0.39, 0.29) is 18.5 Å². The monoisotopic (exact) mass is 406 g/mol. The van der Waals surface area contributed by atoms with Crippen LogP contribution in [-0.2, 0) is 9.53 Å². The molecule has 7 nitrogen and oxygen atoms in total. The molecule has 0 atom stereocenters. The van der Waals surface area contributed by atoms with Crippen LogP contribution >= 0.6 is 0 Å². The summed E-state index contributed by atoms with van der Waals surface area (Å²) in [5.41, 5.74) is 2.38. The summed E-state index contributed by atoms with van der Waals surface area (Å²) in [6, 6.07) is 12.7. The lowest BCUT2D eigenvalue weighted by molar-refractivity contribution is -0.116. The molecular formula is C23H22N2O5. The van der Waals surface area contributed by atoms with Gasteiger partial charge in [-0.1, -0.05) is 17.9 Å². The molecule has 0 unspecified atom stereocenters. The highest BCUT2D eigenvalue weighted by atomic mass is 16.6. The van der Waals surface area contributed by atoms with Crippen molar-refractivity contribution in [3.8, 4) is 23.3 Å². The molecule has 30 heavy (non-hydrogen) atoms. The SMILES string of the molecule is COc1ccc(/C=C/C(=O)NCC#Cc2ccc(N3CCOC3=O)cc2)cc1OC. The van der Waals surface area contributed by atoms with Crippen molar-refractivity contribution in [1.29, 1.82) is 0 Å². The maximum Gasteiger partial charge on any atom is 0.414 e. The van der Waals surface area contributed by atoms with Crippen molar-refractivity contribution in [2.75, 3.05) is 38.8 Å². The molecule has 1 heterocycles. The summed E-state index contributed by atoms with van der Waals surface area (Å²) in [4.78, 5) is 25.1. The molecule has 1 saturated heterocycles. The zero-order valence-corrected chi connectivity index (χ0v) is 16.8. The van der Waals surface area contributed by atoms with E-state index in [1.807, 2.05) is 30.3 Å². The van der Waals surface area contributed by atoms with Gasteiger partial charge in [-0.15, -0.1) is 0 Å². The molecule has 0 saturated carbocycles. The lowest BCUT2D eigenvalue weighted by Gasteiger charge is -2.11. The zero-order valence-electron chi connectivity index (χ0n) is 16.8. The van der Waals surface area contributed by atoms with Gasteiger partial charge in [-0.25, -0.2) is 4.79 Å². The van der Waals surface area contributed by atoms with E-state index < -0.39 is 0 Å². The Kier molecular flexibility index (Phi) is 6.95. The summed E-state index contributed by atoms with van der Waals surface area (Å²) in [6.45, 7) is 1.17. The van der Waals surface area contributed by atoms with Crippen molar-refractivity contribution in [2.24, 2.45) is 0 Å². The Morgan fingerprint density at radius 3 is 2.60 bits per heavy atom. The number of ether oxygens (including phenoxy) is 3. The van der Waals surface area contributed by atoms with Gasteiger partial charge < -0.3 is 19.5 Å². The summed E-state index contributed by atoms with van der Waals surface area (Å²) < 4.78 is 15.4. The van der Waals surface area contributed by atoms with Gasteiger partial charge in [0.1, 0.15) is 6.61 Å². The fraction of sp³-hybridized carbons (Fsp3) is 0.217. The van der Waals surface area contributed by atoms with E-state index in [0.29, 0.717) is 24.7 Å². The number of hydrogen-bond donors (Lipinski definition) is 1. The van der Waals surface area contributed by atoms with E-state index in [2.05, 4.69) is 17.2 Å². The number of methoxy groups -OCH3 is 2. The summed E-state index contributed by atoms with van der Waals surface area (Å²) >= 11 is 0. The molecule has 154 valence electrons. The van der Waals surface area contributed by atoms with Crippen molar-refractivity contribution >= 4 is 23.8 Å². The van der Waals surface area contributed by atoms with E-state index in [0.717, 1.165) is 16.8 Å². The first-order valence-electron chi connectivity index (χ1n) is 9.32. The van der Waals surface area contributed by atoms with E-state index in [4.69, 9.17) is 14.2 Å². The first-order valence-corrected chi connectivity index (χ1v) is 9.32. The summed E-state index contributed by atoms with van der Waals surface area (Å²) in [5, 5.41) is 2.71. The van der Waals surface area contributed by atoms with Gasteiger partial charge in [0.25, 0.3) is 0 Å². The van der Waals surface area contributed by atoms with Crippen molar-refractivity contribution in [2.45, 2.75) is 0 Å². The third kappa shape index (κ3) is 5.32. The first kappa shape index (κ1) is 20.8. The minimum Gasteiger partial charge on any atom is -0.493 e. The highest BCUT2D eigenvalue weighted by molar-refractivity contribution is 5.92. The van der Waals surface area contributed by atoms with E-state index >= 15 is 0 Å². The number of benzene rings is 2. The van der Waals surface area contributed by atoms with Crippen LogP contribution in [0.5, 0.6) is 11.5 Å². The van der Waals surface area contributed by atoms with Crippen molar-refractivity contribution in [3.63, 3.8) is 0 Å². The Labute approximate surface area is 175 Å². The fourth-order valence-corrected chi connectivity index (χ4v) is 2.82. The average Bonchev–Trinajstić information content (AvgIpc) is 3.21. The Morgan fingerprint density at radius 2 is 1.93 bits per heavy atom. The van der Waals surface area contributed by atoms with Gasteiger partial charge in [-0.2, -0.15) is 0 Å². The Balaban J connectivity index is 1.49. The summed E-state index contributed by atoms with van der Waals surface area (Å²) in [6.07, 6.45) is 2.79. The Morgan fingerprint density at radius 1 is 1.17 bits per heavy atom. The predicted octanol–water partition coefficient (Wildman–Crippen LogP) is 2.84. The van der Waals surface area contributed by atoms with Crippen LogP contribution in [0, 0.1) is 11.8 Å². The maximum absolute atomic E-state index is 12.0.